The molecule has 0 aliphatic carbocycles. The van der Waals surface area contributed by atoms with Crippen molar-refractivity contribution in [2.45, 2.75) is 70.1 Å². The Morgan fingerprint density at radius 3 is 2.00 bits per heavy atom. The summed E-state index contributed by atoms with van der Waals surface area (Å²) < 4.78 is 41.4. The summed E-state index contributed by atoms with van der Waals surface area (Å²) in [5.74, 6) is -0.576. The molecule has 2 amide bonds. The fourth-order valence-corrected chi connectivity index (χ4v) is 5.72. The molecule has 0 aliphatic rings. The van der Waals surface area contributed by atoms with Crippen LogP contribution in [0, 0.1) is 12.7 Å². The Morgan fingerprint density at radius 1 is 1.10 bits per heavy atom. The molecule has 9 heteroatoms. The van der Waals surface area contributed by atoms with Gasteiger partial charge in [0.05, 0.1) is 5.60 Å². The van der Waals surface area contributed by atoms with Crippen molar-refractivity contribution in [3.63, 3.8) is 0 Å². The maximum Gasteiger partial charge on any atom is 0.333 e. The molecule has 1 aromatic carbocycles. The molecule has 166 valence electrons. The predicted octanol–water partition coefficient (Wildman–Crippen LogP) is 5.18. The first-order valence-corrected chi connectivity index (χ1v) is 11.9. The third-order valence-corrected chi connectivity index (χ3v) is 7.55. The van der Waals surface area contributed by atoms with E-state index < -0.39 is 27.5 Å². The second kappa shape index (κ2) is 8.64. The third-order valence-electron chi connectivity index (χ3n) is 4.69. The standard InChI is InChI=1S/C21H29FN2O4S2/c1-11(2)15-8-14(22)9-16(12(3)4)19(15)23-20(25)24-30(27,28)18-10-17(13(5)29-18)21(6,7)26/h8-12,26H,1-7H3,(H2,23,24,25). The maximum atomic E-state index is 14.1. The third kappa shape index (κ3) is 5.39. The predicted molar refractivity (Wildman–Crippen MR) is 118 cm³/mol. The van der Waals surface area contributed by atoms with E-state index in [9.17, 15) is 22.7 Å². The lowest BCUT2D eigenvalue weighted by Gasteiger charge is -2.20. The van der Waals surface area contributed by atoms with Crippen molar-refractivity contribution in [2.24, 2.45) is 0 Å². The van der Waals surface area contributed by atoms with Crippen molar-refractivity contribution < 1.29 is 22.7 Å². The van der Waals surface area contributed by atoms with Gasteiger partial charge in [-0.2, -0.15) is 0 Å². The molecule has 6 nitrogen and oxygen atoms in total. The van der Waals surface area contributed by atoms with Gasteiger partial charge in [-0.15, -0.1) is 11.3 Å². The molecule has 0 atom stereocenters. The van der Waals surface area contributed by atoms with Crippen molar-refractivity contribution >= 4 is 33.1 Å². The number of carbonyl (C=O) groups is 1. The second-order valence-electron chi connectivity index (χ2n) is 8.42. The molecule has 0 aliphatic heterocycles. The molecule has 1 heterocycles. The van der Waals surface area contributed by atoms with Gasteiger partial charge in [0.2, 0.25) is 0 Å². The highest BCUT2D eigenvalue weighted by Gasteiger charge is 2.27. The summed E-state index contributed by atoms with van der Waals surface area (Å²) in [4.78, 5) is 13.2. The summed E-state index contributed by atoms with van der Waals surface area (Å²) in [5, 5.41) is 12.8. The first-order chi connectivity index (χ1) is 13.6. The lowest BCUT2D eigenvalue weighted by Crippen LogP contribution is -2.34. The van der Waals surface area contributed by atoms with E-state index in [2.05, 4.69) is 5.32 Å². The van der Waals surface area contributed by atoms with Crippen LogP contribution in [-0.4, -0.2) is 19.6 Å². The van der Waals surface area contributed by atoms with E-state index in [0.29, 0.717) is 27.3 Å². The molecular weight excluding hydrogens is 427 g/mol. The quantitative estimate of drug-likeness (QED) is 0.558. The van der Waals surface area contributed by atoms with Crippen LogP contribution in [0.25, 0.3) is 0 Å². The highest BCUT2D eigenvalue weighted by atomic mass is 32.2. The molecule has 2 aromatic rings. The summed E-state index contributed by atoms with van der Waals surface area (Å²) in [6.07, 6.45) is 0. The van der Waals surface area contributed by atoms with Crippen molar-refractivity contribution in [1.29, 1.82) is 0 Å². The SMILES string of the molecule is Cc1sc(S(=O)(=O)NC(=O)Nc2c(C(C)C)cc(F)cc2C(C)C)cc1C(C)(C)O. The minimum absolute atomic E-state index is 0.0699. The molecule has 0 fully saturated rings. The van der Waals surface area contributed by atoms with Crippen molar-refractivity contribution in [2.75, 3.05) is 5.32 Å². The monoisotopic (exact) mass is 456 g/mol. The van der Waals surface area contributed by atoms with E-state index in [-0.39, 0.29) is 16.0 Å². The van der Waals surface area contributed by atoms with Gasteiger partial charge in [0.1, 0.15) is 10.0 Å². The van der Waals surface area contributed by atoms with E-state index in [0.717, 1.165) is 11.3 Å². The van der Waals surface area contributed by atoms with Gasteiger partial charge in [0.25, 0.3) is 10.0 Å². The lowest BCUT2D eigenvalue weighted by atomic mass is 9.92. The largest absolute Gasteiger partial charge is 0.386 e. The van der Waals surface area contributed by atoms with Gasteiger partial charge in [-0.25, -0.2) is 22.3 Å². The maximum absolute atomic E-state index is 14.1. The number of nitrogens with one attached hydrogen (secondary N) is 2. The Balaban J connectivity index is 2.36. The van der Waals surface area contributed by atoms with Crippen LogP contribution in [0.3, 0.4) is 0 Å². The molecule has 0 saturated carbocycles. The fourth-order valence-electron chi connectivity index (χ4n) is 3.21. The van der Waals surface area contributed by atoms with Crippen LogP contribution in [0.1, 0.15) is 74.9 Å². The van der Waals surface area contributed by atoms with Crippen molar-refractivity contribution in [3.8, 4) is 0 Å². The number of sulfonamides is 1. The number of carbonyl (C=O) groups excluding carboxylic acids is 1. The summed E-state index contributed by atoms with van der Waals surface area (Å²) in [6.45, 7) is 12.3. The van der Waals surface area contributed by atoms with Gasteiger partial charge < -0.3 is 10.4 Å². The first kappa shape index (κ1) is 24.3. The van der Waals surface area contributed by atoms with Gasteiger partial charge >= 0.3 is 6.03 Å². The smallest absolute Gasteiger partial charge is 0.333 e. The Morgan fingerprint density at radius 2 is 1.60 bits per heavy atom. The van der Waals surface area contributed by atoms with Crippen LogP contribution < -0.4 is 10.0 Å². The highest BCUT2D eigenvalue weighted by Crippen LogP contribution is 2.35. The van der Waals surface area contributed by atoms with Crippen LogP contribution in [0.2, 0.25) is 0 Å². The average molecular weight is 457 g/mol. The van der Waals surface area contributed by atoms with Crippen LogP contribution in [0.4, 0.5) is 14.9 Å². The van der Waals surface area contributed by atoms with Crippen LogP contribution >= 0.6 is 11.3 Å². The van der Waals surface area contributed by atoms with E-state index in [1.54, 1.807) is 20.8 Å². The van der Waals surface area contributed by atoms with E-state index in [1.165, 1.54) is 18.2 Å². The minimum Gasteiger partial charge on any atom is -0.386 e. The number of halogens is 1. The summed E-state index contributed by atoms with van der Waals surface area (Å²) in [6, 6.07) is 3.13. The molecule has 1 aromatic heterocycles. The highest BCUT2D eigenvalue weighted by molar-refractivity contribution is 7.92. The number of anilines is 1. The van der Waals surface area contributed by atoms with E-state index >= 15 is 0 Å². The molecule has 30 heavy (non-hydrogen) atoms. The van der Waals surface area contributed by atoms with Gasteiger partial charge in [0.15, 0.2) is 0 Å². The van der Waals surface area contributed by atoms with Crippen LogP contribution in [0.5, 0.6) is 0 Å². The molecule has 0 spiro atoms. The Kier molecular flexibility index (Phi) is 7.00. The normalized spacial score (nSPS) is 12.5. The average Bonchev–Trinajstić information content (AvgIpc) is 2.98. The fraction of sp³-hybridized carbons (Fsp3) is 0.476. The second-order valence-corrected chi connectivity index (χ2v) is 11.6. The minimum atomic E-state index is -4.14. The number of rotatable bonds is 6. The number of aliphatic hydroxyl groups is 1. The number of amides is 2. The Labute approximate surface area is 181 Å². The number of benzene rings is 1. The zero-order chi connectivity index (χ0) is 23.0. The Bertz CT molecular complexity index is 1020. The Hall–Kier alpha value is -1.97. The number of aryl methyl sites for hydroxylation is 1. The van der Waals surface area contributed by atoms with Gasteiger partial charge in [0, 0.05) is 10.6 Å². The molecule has 2 rings (SSSR count). The summed E-state index contributed by atoms with van der Waals surface area (Å²) >= 11 is 0.974. The van der Waals surface area contributed by atoms with Gasteiger partial charge in [-0.3, -0.25) is 0 Å². The number of hydrogen-bond acceptors (Lipinski definition) is 5. The first-order valence-electron chi connectivity index (χ1n) is 9.64. The zero-order valence-electron chi connectivity index (χ0n) is 18.3. The summed E-state index contributed by atoms with van der Waals surface area (Å²) in [7, 11) is -4.14. The summed E-state index contributed by atoms with van der Waals surface area (Å²) in [5.41, 5.74) is 0.859. The molecule has 3 N–H and O–H groups in total. The number of hydrogen-bond donors (Lipinski definition) is 3. The molecule has 0 bridgehead atoms. The van der Waals surface area contributed by atoms with E-state index in [1.807, 2.05) is 32.4 Å². The molecule has 0 saturated heterocycles. The number of urea groups is 1. The zero-order valence-corrected chi connectivity index (χ0v) is 19.9. The van der Waals surface area contributed by atoms with Gasteiger partial charge in [-0.05, 0) is 67.5 Å². The number of thiophene rings is 1. The van der Waals surface area contributed by atoms with Crippen LogP contribution in [-0.2, 0) is 15.6 Å². The van der Waals surface area contributed by atoms with Gasteiger partial charge in [-0.1, -0.05) is 27.7 Å². The van der Waals surface area contributed by atoms with Crippen LogP contribution in [0.15, 0.2) is 22.4 Å². The molecule has 0 unspecified atom stereocenters. The lowest BCUT2D eigenvalue weighted by molar-refractivity contribution is 0.0783. The molecular formula is C21H29FN2O4S2. The van der Waals surface area contributed by atoms with E-state index in [4.69, 9.17) is 0 Å². The van der Waals surface area contributed by atoms with Crippen molar-refractivity contribution in [3.05, 3.63) is 45.6 Å². The van der Waals surface area contributed by atoms with Crippen molar-refractivity contribution in [1.82, 2.24) is 4.72 Å². The molecule has 0 radical (unpaired) electrons. The topological polar surface area (TPSA) is 95.5 Å².